The van der Waals surface area contributed by atoms with E-state index in [2.05, 4.69) is 30.3 Å². The Morgan fingerprint density at radius 2 is 1.78 bits per heavy atom. The van der Waals surface area contributed by atoms with Crippen LogP contribution in [-0.2, 0) is 10.2 Å². The zero-order valence-electron chi connectivity index (χ0n) is 18.9. The highest BCUT2D eigenvalue weighted by Crippen LogP contribution is 2.62. The van der Waals surface area contributed by atoms with Gasteiger partial charge in [-0.05, 0) is 103 Å². The van der Waals surface area contributed by atoms with Crippen molar-refractivity contribution in [3.05, 3.63) is 52.9 Å². The minimum absolute atomic E-state index is 0.244. The summed E-state index contributed by atoms with van der Waals surface area (Å²) in [6.45, 7) is 2.24. The number of fused-ring (bicyclic) bond motifs is 1. The van der Waals surface area contributed by atoms with Gasteiger partial charge in [0.05, 0.1) is 19.3 Å². The highest BCUT2D eigenvalue weighted by Gasteiger charge is 2.52. The summed E-state index contributed by atoms with van der Waals surface area (Å²) in [7, 11) is 1.82. The number of benzene rings is 2. The van der Waals surface area contributed by atoms with Crippen molar-refractivity contribution < 1.29 is 14.3 Å². The maximum Gasteiger partial charge on any atom is 0.338 e. The number of ether oxygens (including phenoxy) is 2. The number of methoxy groups -OCH3 is 1. The van der Waals surface area contributed by atoms with E-state index in [1.807, 2.05) is 25.5 Å². The third-order valence-corrected chi connectivity index (χ3v) is 9.15. The molecule has 0 radical (unpaired) electrons. The monoisotopic (exact) mass is 446 g/mol. The standard InChI is InChI=1S/C28H30O3S/c1-3-31-27(29)21-11-26(32-16-21)22-6-4-5-20-10-25(30-2)24(12-23(20)22)28-13-17-7-18(14-28)9-19(8-17)15-28/h4-6,10-12,16-19H,3,7-9,13-15H2,1-2H3. The van der Waals surface area contributed by atoms with E-state index < -0.39 is 0 Å². The van der Waals surface area contributed by atoms with E-state index in [9.17, 15) is 4.79 Å². The second-order valence-corrected chi connectivity index (χ2v) is 11.1. The fourth-order valence-corrected chi connectivity index (χ4v) is 8.26. The Morgan fingerprint density at radius 1 is 1.06 bits per heavy atom. The molecule has 0 amide bonds. The maximum atomic E-state index is 12.2. The number of rotatable bonds is 5. The van der Waals surface area contributed by atoms with Crippen molar-refractivity contribution in [3.8, 4) is 16.2 Å². The summed E-state index contributed by atoms with van der Waals surface area (Å²) in [5, 5.41) is 4.37. The normalized spacial score (nSPS) is 28.2. The second kappa shape index (κ2) is 7.62. The molecular formula is C28H30O3S. The number of hydrogen-bond donors (Lipinski definition) is 0. The van der Waals surface area contributed by atoms with Gasteiger partial charge in [-0.1, -0.05) is 18.2 Å². The van der Waals surface area contributed by atoms with E-state index in [1.54, 1.807) is 11.3 Å². The average molecular weight is 447 g/mol. The highest BCUT2D eigenvalue weighted by atomic mass is 32.1. The van der Waals surface area contributed by atoms with Gasteiger partial charge in [0.2, 0.25) is 0 Å². The first-order valence-corrected chi connectivity index (χ1v) is 12.8. The Bertz CT molecular complexity index is 1160. The summed E-state index contributed by atoms with van der Waals surface area (Å²) in [5.41, 5.74) is 3.52. The molecule has 7 rings (SSSR count). The zero-order valence-corrected chi connectivity index (χ0v) is 19.7. The van der Waals surface area contributed by atoms with E-state index >= 15 is 0 Å². The minimum atomic E-state index is -0.244. The molecule has 0 N–H and O–H groups in total. The highest BCUT2D eigenvalue weighted by molar-refractivity contribution is 7.14. The Hall–Kier alpha value is -2.33. The number of hydrogen-bond acceptors (Lipinski definition) is 4. The summed E-state index contributed by atoms with van der Waals surface area (Å²) in [6, 6.07) is 13.1. The van der Waals surface area contributed by atoms with Crippen LogP contribution >= 0.6 is 11.3 Å². The molecule has 4 aliphatic rings. The average Bonchev–Trinajstić information content (AvgIpc) is 3.27. The van der Waals surface area contributed by atoms with Crippen molar-refractivity contribution in [1.29, 1.82) is 0 Å². The molecule has 0 aliphatic heterocycles. The maximum absolute atomic E-state index is 12.2. The van der Waals surface area contributed by atoms with Gasteiger partial charge in [-0.15, -0.1) is 11.3 Å². The van der Waals surface area contributed by atoms with Crippen molar-refractivity contribution in [1.82, 2.24) is 0 Å². The molecule has 3 aromatic rings. The molecule has 4 heteroatoms. The fraction of sp³-hybridized carbons (Fsp3) is 0.464. The van der Waals surface area contributed by atoms with E-state index in [4.69, 9.17) is 9.47 Å². The van der Waals surface area contributed by atoms with Crippen LogP contribution in [0.4, 0.5) is 0 Å². The van der Waals surface area contributed by atoms with Gasteiger partial charge in [-0.3, -0.25) is 0 Å². The van der Waals surface area contributed by atoms with E-state index in [0.29, 0.717) is 12.2 Å². The largest absolute Gasteiger partial charge is 0.496 e. The van der Waals surface area contributed by atoms with E-state index in [-0.39, 0.29) is 11.4 Å². The SMILES string of the molecule is CCOC(=O)c1csc(-c2cccc3cc(OC)c(C45CC6CC(CC(C6)C4)C5)cc23)c1. The van der Waals surface area contributed by atoms with Gasteiger partial charge in [0.1, 0.15) is 5.75 Å². The Morgan fingerprint density at radius 3 is 2.44 bits per heavy atom. The lowest BCUT2D eigenvalue weighted by molar-refractivity contribution is -0.00609. The Kier molecular flexibility index (Phi) is 4.83. The van der Waals surface area contributed by atoms with Crippen LogP contribution in [0.15, 0.2) is 41.8 Å². The van der Waals surface area contributed by atoms with Crippen molar-refractivity contribution in [2.24, 2.45) is 17.8 Å². The van der Waals surface area contributed by atoms with Gasteiger partial charge in [0, 0.05) is 15.8 Å². The molecule has 4 aliphatic carbocycles. The second-order valence-electron chi connectivity index (χ2n) is 10.2. The first kappa shape index (κ1) is 20.3. The number of esters is 1. The van der Waals surface area contributed by atoms with Crippen LogP contribution in [0.1, 0.15) is 61.4 Å². The molecule has 0 saturated heterocycles. The fourth-order valence-electron chi connectivity index (χ4n) is 7.34. The zero-order chi connectivity index (χ0) is 21.9. The lowest BCUT2D eigenvalue weighted by Crippen LogP contribution is -2.48. The summed E-state index contributed by atoms with van der Waals surface area (Å²) in [6.07, 6.45) is 8.25. The lowest BCUT2D eigenvalue weighted by atomic mass is 9.48. The van der Waals surface area contributed by atoms with Gasteiger partial charge < -0.3 is 9.47 Å². The molecule has 3 nitrogen and oxygen atoms in total. The predicted octanol–water partition coefficient (Wildman–Crippen LogP) is 7.22. The minimum Gasteiger partial charge on any atom is -0.496 e. The van der Waals surface area contributed by atoms with Crippen LogP contribution in [0.2, 0.25) is 0 Å². The lowest BCUT2D eigenvalue weighted by Gasteiger charge is -2.57. The molecule has 0 atom stereocenters. The van der Waals surface area contributed by atoms with Gasteiger partial charge in [0.25, 0.3) is 0 Å². The molecule has 1 heterocycles. The molecule has 1 aromatic heterocycles. The first-order chi connectivity index (χ1) is 15.6. The summed E-state index contributed by atoms with van der Waals surface area (Å²) >= 11 is 1.61. The van der Waals surface area contributed by atoms with Crippen LogP contribution in [0.3, 0.4) is 0 Å². The third kappa shape index (κ3) is 3.18. The summed E-state index contributed by atoms with van der Waals surface area (Å²) in [4.78, 5) is 13.3. The molecule has 4 saturated carbocycles. The smallest absolute Gasteiger partial charge is 0.338 e. The van der Waals surface area contributed by atoms with Crippen molar-refractivity contribution in [2.75, 3.05) is 13.7 Å². The number of carbonyl (C=O) groups is 1. The molecule has 166 valence electrons. The van der Waals surface area contributed by atoms with Gasteiger partial charge in [-0.2, -0.15) is 0 Å². The molecule has 0 spiro atoms. The summed E-state index contributed by atoms with van der Waals surface area (Å²) < 4.78 is 11.2. The Balaban J connectivity index is 1.48. The molecule has 2 aromatic carbocycles. The van der Waals surface area contributed by atoms with E-state index in [1.165, 1.54) is 60.4 Å². The van der Waals surface area contributed by atoms with Gasteiger partial charge in [0.15, 0.2) is 0 Å². The number of carbonyl (C=O) groups excluding carboxylic acids is 1. The van der Waals surface area contributed by atoms with E-state index in [0.717, 1.165) is 28.4 Å². The molecule has 4 bridgehead atoms. The predicted molar refractivity (Wildman–Crippen MR) is 130 cm³/mol. The van der Waals surface area contributed by atoms with Crippen LogP contribution in [0, 0.1) is 17.8 Å². The first-order valence-electron chi connectivity index (χ1n) is 12.0. The van der Waals surface area contributed by atoms with Gasteiger partial charge in [-0.25, -0.2) is 4.79 Å². The summed E-state index contributed by atoms with van der Waals surface area (Å²) in [5.74, 6) is 3.48. The third-order valence-electron chi connectivity index (χ3n) is 8.19. The van der Waals surface area contributed by atoms with Crippen LogP contribution < -0.4 is 4.74 Å². The molecule has 32 heavy (non-hydrogen) atoms. The topological polar surface area (TPSA) is 35.5 Å². The van der Waals surface area contributed by atoms with Crippen LogP contribution in [-0.4, -0.2) is 19.7 Å². The molecule has 0 unspecified atom stereocenters. The molecule has 4 fully saturated rings. The Labute approximate surface area is 193 Å². The van der Waals surface area contributed by atoms with Crippen molar-refractivity contribution in [3.63, 3.8) is 0 Å². The molecular weight excluding hydrogens is 416 g/mol. The van der Waals surface area contributed by atoms with Crippen molar-refractivity contribution in [2.45, 2.75) is 50.9 Å². The van der Waals surface area contributed by atoms with Gasteiger partial charge >= 0.3 is 5.97 Å². The van der Waals surface area contributed by atoms with Crippen LogP contribution in [0.25, 0.3) is 21.2 Å². The quantitative estimate of drug-likeness (QED) is 0.388. The number of thiophene rings is 1. The van der Waals surface area contributed by atoms with Crippen molar-refractivity contribution >= 4 is 28.1 Å². The van der Waals surface area contributed by atoms with Crippen LogP contribution in [0.5, 0.6) is 5.75 Å².